The van der Waals surface area contributed by atoms with Gasteiger partial charge in [0.1, 0.15) is 5.75 Å². The number of fused-ring (bicyclic) bond motifs is 1. The van der Waals surface area contributed by atoms with Crippen molar-refractivity contribution in [2.24, 2.45) is 0 Å². The van der Waals surface area contributed by atoms with Crippen molar-refractivity contribution in [3.05, 3.63) is 62.2 Å². The van der Waals surface area contributed by atoms with Gasteiger partial charge in [-0.1, -0.05) is 39.8 Å². The van der Waals surface area contributed by atoms with E-state index in [1.165, 1.54) is 35.4 Å². The van der Waals surface area contributed by atoms with E-state index in [1.54, 1.807) is 0 Å². The van der Waals surface area contributed by atoms with Gasteiger partial charge in [-0.15, -0.1) is 0 Å². The zero-order valence-electron chi connectivity index (χ0n) is 16.6. The molecular formula is C23H25IO4. The molecule has 1 aliphatic rings. The third kappa shape index (κ3) is 4.09. The van der Waals surface area contributed by atoms with Crippen molar-refractivity contribution >= 4 is 34.3 Å². The molecule has 0 aliphatic heterocycles. The Balaban J connectivity index is 1.81. The zero-order chi connectivity index (χ0) is 20.7. The first-order valence-electron chi connectivity index (χ1n) is 9.35. The number of carbonyl (C=O) groups is 2. The zero-order valence-corrected chi connectivity index (χ0v) is 18.8. The van der Waals surface area contributed by atoms with Gasteiger partial charge in [-0.25, -0.2) is 4.79 Å². The number of carboxylic acid groups (broad SMARTS) is 1. The van der Waals surface area contributed by atoms with E-state index in [1.807, 2.05) is 0 Å². The molecule has 0 saturated heterocycles. The van der Waals surface area contributed by atoms with Crippen LogP contribution in [-0.2, 0) is 10.8 Å². The summed E-state index contributed by atoms with van der Waals surface area (Å²) in [5.74, 6) is -0.463. The van der Waals surface area contributed by atoms with Crippen molar-refractivity contribution in [3.63, 3.8) is 0 Å². The number of Topliss-reactive ketones (excluding diaryl/α,β-unsaturated/α-hetero) is 1. The molecule has 0 aromatic heterocycles. The summed E-state index contributed by atoms with van der Waals surface area (Å²) in [6, 6.07) is 10.2. The number of carbonyl (C=O) groups excluding carboxylic acids is 1. The van der Waals surface area contributed by atoms with Gasteiger partial charge in [-0.3, -0.25) is 4.79 Å². The van der Waals surface area contributed by atoms with Crippen LogP contribution in [-0.4, -0.2) is 23.5 Å². The Bertz CT molecular complexity index is 926. The van der Waals surface area contributed by atoms with Gasteiger partial charge in [0, 0.05) is 5.56 Å². The van der Waals surface area contributed by atoms with Crippen LogP contribution >= 0.6 is 22.6 Å². The summed E-state index contributed by atoms with van der Waals surface area (Å²) in [5, 5.41) is 8.96. The predicted octanol–water partition coefficient (Wildman–Crippen LogP) is 5.60. The van der Waals surface area contributed by atoms with Crippen LogP contribution in [0.1, 0.15) is 72.4 Å². The second-order valence-corrected chi connectivity index (χ2v) is 9.85. The Morgan fingerprint density at radius 3 is 2.00 bits per heavy atom. The van der Waals surface area contributed by atoms with Crippen LogP contribution in [0.15, 0.2) is 36.4 Å². The highest BCUT2D eigenvalue weighted by Gasteiger charge is 2.37. The molecule has 0 amide bonds. The lowest BCUT2D eigenvalue weighted by Gasteiger charge is -2.42. The minimum atomic E-state index is -1.01. The van der Waals surface area contributed by atoms with Gasteiger partial charge in [0.05, 0.1) is 9.13 Å². The summed E-state index contributed by atoms with van der Waals surface area (Å²) < 4.78 is 6.88. The van der Waals surface area contributed by atoms with Crippen molar-refractivity contribution < 1.29 is 19.4 Å². The normalized spacial score (nSPS) is 16.9. The molecule has 28 heavy (non-hydrogen) atoms. The first-order chi connectivity index (χ1) is 13.0. The number of rotatable bonds is 5. The summed E-state index contributed by atoms with van der Waals surface area (Å²) in [6.45, 7) is 8.99. The number of benzene rings is 2. The van der Waals surface area contributed by atoms with Crippen molar-refractivity contribution in [1.29, 1.82) is 0 Å². The van der Waals surface area contributed by atoms with Gasteiger partial charge in [0.2, 0.25) is 0 Å². The molecule has 1 aliphatic carbocycles. The van der Waals surface area contributed by atoms with Gasteiger partial charge < -0.3 is 9.84 Å². The van der Waals surface area contributed by atoms with Crippen molar-refractivity contribution in [2.75, 3.05) is 6.61 Å². The van der Waals surface area contributed by atoms with Crippen molar-refractivity contribution in [2.45, 2.75) is 51.4 Å². The molecule has 0 fully saturated rings. The maximum absolute atomic E-state index is 12.5. The quantitative estimate of drug-likeness (QED) is 0.436. The second-order valence-electron chi connectivity index (χ2n) is 8.69. The summed E-state index contributed by atoms with van der Waals surface area (Å²) in [5.41, 5.74) is 3.45. The molecule has 1 N–H and O–H groups in total. The van der Waals surface area contributed by atoms with E-state index in [0.29, 0.717) is 5.56 Å². The lowest BCUT2D eigenvalue weighted by Crippen LogP contribution is -2.34. The number of hydrogen-bond acceptors (Lipinski definition) is 3. The Hall–Kier alpha value is -1.89. The fraction of sp³-hybridized carbons (Fsp3) is 0.391. The van der Waals surface area contributed by atoms with E-state index in [-0.39, 0.29) is 28.8 Å². The van der Waals surface area contributed by atoms with E-state index < -0.39 is 5.97 Å². The largest absolute Gasteiger partial charge is 0.484 e. The lowest BCUT2D eigenvalue weighted by atomic mass is 9.63. The smallest absolute Gasteiger partial charge is 0.335 e. The van der Waals surface area contributed by atoms with Gasteiger partial charge in [-0.05, 0) is 81.7 Å². The summed E-state index contributed by atoms with van der Waals surface area (Å²) >= 11 is 2.27. The maximum atomic E-state index is 12.5. The van der Waals surface area contributed by atoms with Crippen LogP contribution in [0.5, 0.6) is 5.75 Å². The fourth-order valence-electron chi connectivity index (χ4n) is 3.70. The SMILES string of the molecule is CC1(C)CCC(C)(C)c2cc(OCC(=O)c3ccc(C(=O)O)cc3)c(I)cc21. The monoisotopic (exact) mass is 492 g/mol. The van der Waals surface area contributed by atoms with Gasteiger partial charge in [0.25, 0.3) is 0 Å². The molecule has 0 atom stereocenters. The maximum Gasteiger partial charge on any atom is 0.335 e. The molecule has 0 radical (unpaired) electrons. The second kappa shape index (κ2) is 7.50. The number of ether oxygens (including phenoxy) is 1. The van der Waals surface area contributed by atoms with E-state index in [4.69, 9.17) is 9.84 Å². The average Bonchev–Trinajstić information content (AvgIpc) is 2.64. The first kappa shape index (κ1) is 20.8. The molecule has 148 valence electrons. The Labute approximate surface area is 179 Å². The highest BCUT2D eigenvalue weighted by atomic mass is 127. The van der Waals surface area contributed by atoms with Crippen LogP contribution in [0.3, 0.4) is 0 Å². The molecule has 5 heteroatoms. The van der Waals surface area contributed by atoms with Crippen LogP contribution in [0.2, 0.25) is 0 Å². The molecule has 4 nitrogen and oxygen atoms in total. The van der Waals surface area contributed by atoms with Crippen LogP contribution in [0, 0.1) is 3.57 Å². The van der Waals surface area contributed by atoms with Crippen molar-refractivity contribution in [1.82, 2.24) is 0 Å². The van der Waals surface area contributed by atoms with Gasteiger partial charge in [0.15, 0.2) is 12.4 Å². The Kier molecular flexibility index (Phi) is 5.58. The Morgan fingerprint density at radius 2 is 1.46 bits per heavy atom. The average molecular weight is 492 g/mol. The highest BCUT2D eigenvalue weighted by molar-refractivity contribution is 14.1. The van der Waals surface area contributed by atoms with Crippen molar-refractivity contribution in [3.8, 4) is 5.75 Å². The number of ketones is 1. The number of aromatic carboxylic acids is 1. The van der Waals surface area contributed by atoms with E-state index >= 15 is 0 Å². The van der Waals surface area contributed by atoms with Crippen LogP contribution in [0.25, 0.3) is 0 Å². The number of carboxylic acids is 1. The van der Waals surface area contributed by atoms with Gasteiger partial charge >= 0.3 is 5.97 Å². The molecule has 2 aromatic carbocycles. The summed E-state index contributed by atoms with van der Waals surface area (Å²) in [6.07, 6.45) is 2.26. The molecule has 3 rings (SSSR count). The molecule has 0 unspecified atom stereocenters. The van der Waals surface area contributed by atoms with E-state index in [0.717, 1.165) is 22.2 Å². The Morgan fingerprint density at radius 1 is 0.964 bits per heavy atom. The molecule has 0 spiro atoms. The fourth-order valence-corrected chi connectivity index (χ4v) is 4.33. The van der Waals surface area contributed by atoms with Crippen LogP contribution < -0.4 is 4.74 Å². The number of hydrogen-bond donors (Lipinski definition) is 1. The molecule has 0 bridgehead atoms. The topological polar surface area (TPSA) is 63.6 Å². The predicted molar refractivity (Wildman–Crippen MR) is 118 cm³/mol. The molecule has 2 aromatic rings. The highest BCUT2D eigenvalue weighted by Crippen LogP contribution is 2.47. The third-order valence-corrected chi connectivity index (χ3v) is 6.56. The molecule has 0 heterocycles. The summed E-state index contributed by atoms with van der Waals surface area (Å²) in [4.78, 5) is 23.4. The van der Waals surface area contributed by atoms with E-state index in [9.17, 15) is 9.59 Å². The summed E-state index contributed by atoms with van der Waals surface area (Å²) in [7, 11) is 0. The van der Waals surface area contributed by atoms with E-state index in [2.05, 4.69) is 62.4 Å². The number of halogens is 1. The van der Waals surface area contributed by atoms with Gasteiger partial charge in [-0.2, -0.15) is 0 Å². The third-order valence-electron chi connectivity index (χ3n) is 5.72. The first-order valence-corrected chi connectivity index (χ1v) is 10.4. The van der Waals surface area contributed by atoms with Crippen LogP contribution in [0.4, 0.5) is 0 Å². The standard InChI is InChI=1S/C23H25IO4/c1-22(2)9-10-23(3,4)17-12-20(18(24)11-16(17)22)28-13-19(25)14-5-7-15(8-6-14)21(26)27/h5-8,11-12H,9-10,13H2,1-4H3,(H,26,27). The molecular weight excluding hydrogens is 467 g/mol. The minimum Gasteiger partial charge on any atom is -0.484 e. The molecule has 0 saturated carbocycles. The minimum absolute atomic E-state index is 0.0734. The lowest BCUT2D eigenvalue weighted by molar-refractivity contribution is 0.0696.